The molecule has 0 aliphatic carbocycles. The van der Waals surface area contributed by atoms with E-state index in [1.54, 1.807) is 38.5 Å². The van der Waals surface area contributed by atoms with E-state index in [-0.39, 0.29) is 18.7 Å². The fourth-order valence-electron chi connectivity index (χ4n) is 4.91. The van der Waals surface area contributed by atoms with Gasteiger partial charge in [-0.25, -0.2) is 0 Å². The number of aromatic nitrogens is 1. The molecule has 200 valence electrons. The van der Waals surface area contributed by atoms with Crippen LogP contribution in [0.3, 0.4) is 0 Å². The van der Waals surface area contributed by atoms with E-state index in [1.165, 1.54) is 0 Å². The minimum Gasteiger partial charge on any atom is -0.493 e. The summed E-state index contributed by atoms with van der Waals surface area (Å²) in [6.07, 6.45) is 0.657. The predicted molar refractivity (Wildman–Crippen MR) is 147 cm³/mol. The topological polar surface area (TPSA) is 99.0 Å². The van der Waals surface area contributed by atoms with Crippen LogP contribution in [0.5, 0.6) is 11.5 Å². The van der Waals surface area contributed by atoms with E-state index < -0.39 is 18.2 Å². The molecule has 39 heavy (non-hydrogen) atoms. The summed E-state index contributed by atoms with van der Waals surface area (Å²) in [7, 11) is 3.15. The number of carboxylic acid groups (broad SMARTS) is 1. The van der Waals surface area contributed by atoms with Gasteiger partial charge in [-0.2, -0.15) is 0 Å². The van der Waals surface area contributed by atoms with Crippen molar-refractivity contribution < 1.29 is 28.9 Å². The molecule has 0 saturated carbocycles. The van der Waals surface area contributed by atoms with Crippen LogP contribution in [0.1, 0.15) is 41.0 Å². The van der Waals surface area contributed by atoms with Crippen LogP contribution in [-0.4, -0.2) is 35.8 Å². The number of methoxy groups -OCH3 is 2. The highest BCUT2D eigenvalue weighted by Crippen LogP contribution is 2.46. The highest BCUT2D eigenvalue weighted by Gasteiger charge is 2.34. The van der Waals surface area contributed by atoms with Gasteiger partial charge in [0.15, 0.2) is 11.5 Å². The first kappa shape index (κ1) is 26.3. The number of rotatable bonds is 8. The van der Waals surface area contributed by atoms with Crippen molar-refractivity contribution in [1.82, 2.24) is 4.57 Å². The maximum Gasteiger partial charge on any atom is 0.307 e. The molecule has 1 aliphatic heterocycles. The fraction of sp³-hybridized carbons (Fsp3) is 0.200. The van der Waals surface area contributed by atoms with Crippen molar-refractivity contribution in [2.45, 2.75) is 25.0 Å². The number of benzene rings is 3. The Labute approximate surface area is 230 Å². The van der Waals surface area contributed by atoms with Crippen LogP contribution in [0.2, 0.25) is 5.02 Å². The molecule has 0 bridgehead atoms. The van der Waals surface area contributed by atoms with E-state index >= 15 is 0 Å². The number of hydrogen-bond acceptors (Lipinski definition) is 5. The van der Waals surface area contributed by atoms with E-state index in [0.29, 0.717) is 27.8 Å². The Hall–Kier alpha value is -4.27. The summed E-state index contributed by atoms with van der Waals surface area (Å²) >= 11 is 6.45. The Morgan fingerprint density at radius 2 is 1.79 bits per heavy atom. The lowest BCUT2D eigenvalue weighted by atomic mass is 9.98. The molecule has 9 heteroatoms. The van der Waals surface area contributed by atoms with Crippen LogP contribution in [0.25, 0.3) is 5.69 Å². The van der Waals surface area contributed by atoms with Crippen molar-refractivity contribution in [3.05, 3.63) is 106 Å². The summed E-state index contributed by atoms with van der Waals surface area (Å²) in [6.45, 7) is 0. The third-order valence-corrected chi connectivity index (χ3v) is 6.86. The van der Waals surface area contributed by atoms with Crippen LogP contribution in [-0.2, 0) is 20.7 Å². The van der Waals surface area contributed by atoms with Gasteiger partial charge in [0.1, 0.15) is 12.2 Å². The molecular formula is C30H27ClN2O6. The van der Waals surface area contributed by atoms with Crippen LogP contribution in [0.4, 0.5) is 5.69 Å². The Morgan fingerprint density at radius 1 is 1.00 bits per heavy atom. The highest BCUT2D eigenvalue weighted by molar-refractivity contribution is 6.30. The van der Waals surface area contributed by atoms with Gasteiger partial charge in [0, 0.05) is 28.0 Å². The number of ether oxygens (including phenoxy) is 3. The molecule has 8 nitrogen and oxygen atoms in total. The van der Waals surface area contributed by atoms with Crippen molar-refractivity contribution in [2.24, 2.45) is 0 Å². The third kappa shape index (κ3) is 5.48. The molecule has 5 rings (SSSR count). The monoisotopic (exact) mass is 546 g/mol. The van der Waals surface area contributed by atoms with E-state index in [9.17, 15) is 9.59 Å². The third-order valence-electron chi connectivity index (χ3n) is 6.62. The first-order valence-electron chi connectivity index (χ1n) is 12.3. The number of carbonyl (C=O) groups is 2. The minimum atomic E-state index is -0.912. The van der Waals surface area contributed by atoms with Crippen LogP contribution >= 0.6 is 11.6 Å². The number of carbonyl (C=O) groups excluding carboxylic acids is 1. The normalized spacial score (nSPS) is 16.0. The summed E-state index contributed by atoms with van der Waals surface area (Å²) in [6, 6.07) is 21.8. The molecule has 0 fully saturated rings. The Morgan fingerprint density at radius 3 is 2.51 bits per heavy atom. The Balaban J connectivity index is 1.50. The van der Waals surface area contributed by atoms with Crippen molar-refractivity contribution in [1.29, 1.82) is 0 Å². The SMILES string of the molecule is COc1cccc([C@H]2O[C@H](CC(=O)Nc3ccc(CC(=O)O)cc3)c3cccn3-c3ccc(Cl)cc32)c1OC. The highest BCUT2D eigenvalue weighted by atomic mass is 35.5. The molecule has 2 N–H and O–H groups in total. The molecule has 0 spiro atoms. The minimum absolute atomic E-state index is 0.0331. The second-order valence-corrected chi connectivity index (χ2v) is 9.55. The van der Waals surface area contributed by atoms with Crippen LogP contribution < -0.4 is 14.8 Å². The molecule has 2 atom stereocenters. The van der Waals surface area contributed by atoms with Crippen LogP contribution in [0.15, 0.2) is 79.0 Å². The quantitative estimate of drug-likeness (QED) is 0.283. The number of carboxylic acids is 1. The zero-order valence-electron chi connectivity index (χ0n) is 21.4. The number of fused-ring (bicyclic) bond motifs is 3. The first-order chi connectivity index (χ1) is 18.9. The summed E-state index contributed by atoms with van der Waals surface area (Å²) in [4.78, 5) is 24.2. The second-order valence-electron chi connectivity index (χ2n) is 9.11. The fourth-order valence-corrected chi connectivity index (χ4v) is 5.09. The van der Waals surface area contributed by atoms with Gasteiger partial charge in [0.2, 0.25) is 5.91 Å². The first-order valence-corrected chi connectivity index (χ1v) is 12.7. The average molecular weight is 547 g/mol. The van der Waals surface area contributed by atoms with Crippen molar-refractivity contribution in [3.8, 4) is 17.2 Å². The molecule has 0 unspecified atom stereocenters. The van der Waals surface area contributed by atoms with Gasteiger partial charge in [-0.15, -0.1) is 0 Å². The van der Waals surface area contributed by atoms with E-state index in [0.717, 1.165) is 22.5 Å². The maximum absolute atomic E-state index is 13.2. The van der Waals surface area contributed by atoms with Gasteiger partial charge >= 0.3 is 5.97 Å². The number of para-hydroxylation sites is 1. The van der Waals surface area contributed by atoms with Crippen molar-refractivity contribution >= 4 is 29.2 Å². The Kier molecular flexibility index (Phi) is 7.58. The smallest absolute Gasteiger partial charge is 0.307 e. The lowest BCUT2D eigenvalue weighted by molar-refractivity contribution is -0.136. The number of hydrogen-bond donors (Lipinski definition) is 2. The molecule has 4 aromatic rings. The van der Waals surface area contributed by atoms with E-state index in [2.05, 4.69) is 5.32 Å². The number of halogens is 1. The maximum atomic E-state index is 13.2. The molecule has 3 aromatic carbocycles. The largest absolute Gasteiger partial charge is 0.493 e. The molecular weight excluding hydrogens is 520 g/mol. The summed E-state index contributed by atoms with van der Waals surface area (Å²) in [5.74, 6) is -0.0669. The van der Waals surface area contributed by atoms with Crippen LogP contribution in [0, 0.1) is 0 Å². The number of amides is 1. The average Bonchev–Trinajstić information content (AvgIpc) is 3.37. The molecule has 1 amide bonds. The number of nitrogens with zero attached hydrogens (tertiary/aromatic N) is 1. The molecule has 1 aliphatic rings. The number of aliphatic carboxylic acids is 1. The number of anilines is 1. The van der Waals surface area contributed by atoms with Gasteiger partial charge in [-0.3, -0.25) is 9.59 Å². The molecule has 0 saturated heterocycles. The van der Waals surface area contributed by atoms with Gasteiger partial charge < -0.3 is 29.2 Å². The molecule has 2 heterocycles. The van der Waals surface area contributed by atoms with Crippen molar-refractivity contribution in [3.63, 3.8) is 0 Å². The van der Waals surface area contributed by atoms with Gasteiger partial charge in [0.05, 0.1) is 38.4 Å². The van der Waals surface area contributed by atoms with Gasteiger partial charge in [-0.05, 0) is 54.1 Å². The lowest BCUT2D eigenvalue weighted by Crippen LogP contribution is -2.19. The predicted octanol–water partition coefficient (Wildman–Crippen LogP) is 5.96. The zero-order chi connectivity index (χ0) is 27.5. The number of nitrogens with one attached hydrogen (secondary N) is 1. The summed E-state index contributed by atoms with van der Waals surface area (Å²) in [5.41, 5.74) is 4.48. The zero-order valence-corrected chi connectivity index (χ0v) is 22.1. The van der Waals surface area contributed by atoms with Gasteiger partial charge in [-0.1, -0.05) is 35.9 Å². The molecule has 0 radical (unpaired) electrons. The lowest BCUT2D eigenvalue weighted by Gasteiger charge is -2.25. The molecule has 1 aromatic heterocycles. The van der Waals surface area contributed by atoms with Crippen molar-refractivity contribution in [2.75, 3.05) is 19.5 Å². The standard InChI is InChI=1S/C30H27ClN2O6/c1-37-25-7-3-5-21(30(25)38-2)29-22-16-19(31)10-13-23(22)33-14-4-6-24(33)26(39-29)17-27(34)32-20-11-8-18(9-12-20)15-28(35)36/h3-14,16,26,29H,15,17H2,1-2H3,(H,32,34)(H,35,36)/t26-,29-/m1/s1. The second kappa shape index (κ2) is 11.2. The Bertz CT molecular complexity index is 1510. The van der Waals surface area contributed by atoms with E-state index in [4.69, 9.17) is 30.9 Å². The van der Waals surface area contributed by atoms with E-state index in [1.807, 2.05) is 59.3 Å². The van der Waals surface area contributed by atoms with Gasteiger partial charge in [0.25, 0.3) is 0 Å². The summed E-state index contributed by atoms with van der Waals surface area (Å²) in [5, 5.41) is 12.4. The summed E-state index contributed by atoms with van der Waals surface area (Å²) < 4.78 is 20.0.